The van der Waals surface area contributed by atoms with Crippen LogP contribution in [0.25, 0.3) is 0 Å². The summed E-state index contributed by atoms with van der Waals surface area (Å²) in [6.45, 7) is 7.12. The van der Waals surface area contributed by atoms with E-state index in [1.54, 1.807) is 0 Å². The second kappa shape index (κ2) is 8.33. The summed E-state index contributed by atoms with van der Waals surface area (Å²) in [5.74, 6) is 1.77. The summed E-state index contributed by atoms with van der Waals surface area (Å²) in [6.07, 6.45) is 2.41. The molecule has 1 aromatic rings. The first kappa shape index (κ1) is 18.5. The Hall–Kier alpha value is -0.820. The number of halogens is 1. The third kappa shape index (κ3) is 4.83. The summed E-state index contributed by atoms with van der Waals surface area (Å²) in [5.41, 5.74) is 1.72. The van der Waals surface area contributed by atoms with Crippen molar-refractivity contribution in [2.75, 3.05) is 39.9 Å². The molecule has 1 unspecified atom stereocenters. The Kier molecular flexibility index (Phi) is 6.71. The molecule has 0 radical (unpaired) electrons. The highest BCUT2D eigenvalue weighted by Crippen LogP contribution is 2.26. The molecule has 2 aliphatic rings. The van der Waals surface area contributed by atoms with E-state index in [1.807, 2.05) is 7.05 Å². The van der Waals surface area contributed by atoms with Gasteiger partial charge in [-0.15, -0.1) is 24.0 Å². The Morgan fingerprint density at radius 3 is 2.70 bits per heavy atom. The van der Waals surface area contributed by atoms with E-state index < -0.39 is 0 Å². The van der Waals surface area contributed by atoms with Crippen molar-refractivity contribution >= 4 is 29.9 Å². The molecular formula is C18H28IN3O. The van der Waals surface area contributed by atoms with E-state index in [1.165, 1.54) is 18.4 Å². The van der Waals surface area contributed by atoms with E-state index >= 15 is 0 Å². The molecule has 0 aromatic heterocycles. The van der Waals surface area contributed by atoms with E-state index in [4.69, 9.17) is 4.74 Å². The average Bonchev–Trinajstić information content (AvgIpc) is 2.95. The number of benzene rings is 1. The van der Waals surface area contributed by atoms with Gasteiger partial charge in [0, 0.05) is 32.1 Å². The molecule has 0 spiro atoms. The largest absolute Gasteiger partial charge is 0.380 e. The number of nitrogens with one attached hydrogen (secondary N) is 1. The molecule has 0 bridgehead atoms. The first-order valence-corrected chi connectivity index (χ1v) is 8.26. The molecule has 5 heteroatoms. The van der Waals surface area contributed by atoms with Gasteiger partial charge in [0.2, 0.25) is 0 Å². The van der Waals surface area contributed by atoms with Gasteiger partial charge in [-0.1, -0.05) is 37.3 Å². The minimum Gasteiger partial charge on any atom is -0.380 e. The fraction of sp³-hybridized carbons (Fsp3) is 0.611. The molecule has 1 atom stereocenters. The monoisotopic (exact) mass is 429 g/mol. The zero-order valence-corrected chi connectivity index (χ0v) is 16.5. The first-order chi connectivity index (χ1) is 10.7. The molecule has 2 fully saturated rings. The normalized spacial score (nSPS) is 23.1. The topological polar surface area (TPSA) is 36.9 Å². The number of nitrogens with zero attached hydrogens (tertiary/aromatic N) is 2. The summed E-state index contributed by atoms with van der Waals surface area (Å²) in [7, 11) is 1.88. The van der Waals surface area contributed by atoms with Crippen LogP contribution >= 0.6 is 24.0 Å². The van der Waals surface area contributed by atoms with Crippen molar-refractivity contribution in [3.63, 3.8) is 0 Å². The van der Waals surface area contributed by atoms with Crippen LogP contribution < -0.4 is 5.32 Å². The Bertz CT molecular complexity index is 516. The van der Waals surface area contributed by atoms with E-state index in [0.29, 0.717) is 0 Å². The lowest BCUT2D eigenvalue weighted by molar-refractivity contribution is -0.0972. The SMILES string of the molecule is CN=C(NCC1(C)COC1)N1CCC(Cc2ccccc2)C1.I. The zero-order chi connectivity index (χ0) is 15.4. The number of aliphatic imine (C=N–C) groups is 1. The van der Waals surface area contributed by atoms with E-state index in [-0.39, 0.29) is 29.4 Å². The summed E-state index contributed by atoms with van der Waals surface area (Å²) in [5, 5.41) is 3.53. The number of hydrogen-bond donors (Lipinski definition) is 1. The number of likely N-dealkylation sites (tertiary alicyclic amines) is 1. The van der Waals surface area contributed by atoms with Gasteiger partial charge >= 0.3 is 0 Å². The van der Waals surface area contributed by atoms with Crippen LogP contribution in [-0.4, -0.2) is 50.8 Å². The smallest absolute Gasteiger partial charge is 0.193 e. The lowest BCUT2D eigenvalue weighted by Gasteiger charge is -2.39. The fourth-order valence-corrected chi connectivity index (χ4v) is 3.32. The van der Waals surface area contributed by atoms with E-state index in [0.717, 1.165) is 44.7 Å². The highest BCUT2D eigenvalue weighted by molar-refractivity contribution is 14.0. The molecule has 128 valence electrons. The van der Waals surface area contributed by atoms with Gasteiger partial charge in [-0.25, -0.2) is 0 Å². The van der Waals surface area contributed by atoms with Crippen molar-refractivity contribution in [3.8, 4) is 0 Å². The van der Waals surface area contributed by atoms with Gasteiger partial charge in [0.15, 0.2) is 5.96 Å². The quantitative estimate of drug-likeness (QED) is 0.455. The maximum atomic E-state index is 5.32. The van der Waals surface area contributed by atoms with Crippen LogP contribution in [0, 0.1) is 11.3 Å². The maximum absolute atomic E-state index is 5.32. The van der Waals surface area contributed by atoms with Gasteiger partial charge in [-0.05, 0) is 24.3 Å². The minimum atomic E-state index is 0. The van der Waals surface area contributed by atoms with Crippen LogP contribution in [0.1, 0.15) is 18.9 Å². The molecule has 23 heavy (non-hydrogen) atoms. The third-order valence-corrected chi connectivity index (χ3v) is 4.74. The second-order valence-corrected chi connectivity index (χ2v) is 6.99. The molecule has 2 aliphatic heterocycles. The molecule has 4 nitrogen and oxygen atoms in total. The van der Waals surface area contributed by atoms with E-state index in [9.17, 15) is 0 Å². The van der Waals surface area contributed by atoms with Crippen molar-refractivity contribution in [1.29, 1.82) is 0 Å². The van der Waals surface area contributed by atoms with Gasteiger partial charge in [0.05, 0.1) is 13.2 Å². The lowest BCUT2D eigenvalue weighted by atomic mass is 9.89. The minimum absolute atomic E-state index is 0. The number of rotatable bonds is 4. The van der Waals surface area contributed by atoms with Gasteiger partial charge in [-0.3, -0.25) is 4.99 Å². The Morgan fingerprint density at radius 1 is 1.35 bits per heavy atom. The molecule has 2 saturated heterocycles. The lowest BCUT2D eigenvalue weighted by Crippen LogP contribution is -2.51. The summed E-state index contributed by atoms with van der Waals surface area (Å²) in [6, 6.07) is 10.8. The Labute approximate surface area is 156 Å². The molecule has 0 saturated carbocycles. The molecule has 2 heterocycles. The van der Waals surface area contributed by atoms with Crippen LogP contribution in [0.3, 0.4) is 0 Å². The van der Waals surface area contributed by atoms with Crippen LogP contribution in [0.4, 0.5) is 0 Å². The molecule has 0 amide bonds. The van der Waals surface area contributed by atoms with Crippen molar-refractivity contribution < 1.29 is 4.74 Å². The van der Waals surface area contributed by atoms with Gasteiger partial charge in [-0.2, -0.15) is 0 Å². The molecule has 1 aromatic carbocycles. The van der Waals surface area contributed by atoms with Crippen molar-refractivity contribution in [1.82, 2.24) is 10.2 Å². The number of guanidine groups is 1. The molecule has 1 N–H and O–H groups in total. The van der Waals surface area contributed by atoms with Gasteiger partial charge < -0.3 is 15.0 Å². The predicted molar refractivity (Wildman–Crippen MR) is 106 cm³/mol. The van der Waals surface area contributed by atoms with Gasteiger partial charge in [0.1, 0.15) is 0 Å². The summed E-state index contributed by atoms with van der Waals surface area (Å²) >= 11 is 0. The van der Waals surface area contributed by atoms with Crippen LogP contribution in [0.5, 0.6) is 0 Å². The Morgan fingerprint density at radius 2 is 2.09 bits per heavy atom. The standard InChI is InChI=1S/C18H27N3O.HI/c1-18(13-22-14-18)12-20-17(19-2)21-9-8-16(11-21)10-15-6-4-3-5-7-15;/h3-7,16H,8-14H2,1-2H3,(H,19,20);1H. The fourth-order valence-electron chi connectivity index (χ4n) is 3.32. The summed E-state index contributed by atoms with van der Waals surface area (Å²) < 4.78 is 5.32. The summed E-state index contributed by atoms with van der Waals surface area (Å²) in [4.78, 5) is 6.86. The highest BCUT2D eigenvalue weighted by atomic mass is 127. The van der Waals surface area contributed by atoms with Crippen molar-refractivity contribution in [2.24, 2.45) is 16.3 Å². The number of ether oxygens (including phenoxy) is 1. The second-order valence-electron chi connectivity index (χ2n) is 6.99. The van der Waals surface area contributed by atoms with E-state index in [2.05, 4.69) is 52.5 Å². The Balaban J connectivity index is 0.00000192. The van der Waals surface area contributed by atoms with Crippen LogP contribution in [0.15, 0.2) is 35.3 Å². The van der Waals surface area contributed by atoms with Gasteiger partial charge in [0.25, 0.3) is 0 Å². The number of hydrogen-bond acceptors (Lipinski definition) is 2. The van der Waals surface area contributed by atoms with Crippen LogP contribution in [0.2, 0.25) is 0 Å². The molecule has 0 aliphatic carbocycles. The van der Waals surface area contributed by atoms with Crippen LogP contribution in [-0.2, 0) is 11.2 Å². The highest BCUT2D eigenvalue weighted by Gasteiger charge is 2.34. The maximum Gasteiger partial charge on any atom is 0.193 e. The zero-order valence-electron chi connectivity index (χ0n) is 14.1. The predicted octanol–water partition coefficient (Wildman–Crippen LogP) is 2.78. The first-order valence-electron chi connectivity index (χ1n) is 8.26. The average molecular weight is 429 g/mol. The molecule has 3 rings (SSSR count). The molecular weight excluding hydrogens is 401 g/mol. The third-order valence-electron chi connectivity index (χ3n) is 4.74. The van der Waals surface area contributed by atoms with Crippen molar-refractivity contribution in [3.05, 3.63) is 35.9 Å². The van der Waals surface area contributed by atoms with Crippen molar-refractivity contribution in [2.45, 2.75) is 19.8 Å².